The average molecular weight is 429 g/mol. The highest BCUT2D eigenvalue weighted by Crippen LogP contribution is 2.40. The van der Waals surface area contributed by atoms with E-state index >= 15 is 0 Å². The highest BCUT2D eigenvalue weighted by atomic mass is 35.5. The van der Waals surface area contributed by atoms with Gasteiger partial charge in [0.05, 0.1) is 25.3 Å². The largest absolute Gasteiger partial charge is 0.493 e. The molecular formula is C21H24ClF3N2O2. The molecule has 0 saturated carbocycles. The minimum Gasteiger partial charge on any atom is -0.493 e. The van der Waals surface area contributed by atoms with Crippen LogP contribution in [0.1, 0.15) is 29.7 Å². The highest BCUT2D eigenvalue weighted by Gasteiger charge is 2.33. The van der Waals surface area contributed by atoms with Crippen LogP contribution in [0.5, 0.6) is 11.5 Å². The van der Waals surface area contributed by atoms with Gasteiger partial charge in [0.1, 0.15) is 0 Å². The second-order valence-corrected chi connectivity index (χ2v) is 7.17. The summed E-state index contributed by atoms with van der Waals surface area (Å²) in [6, 6.07) is 8.51. The fourth-order valence-electron chi connectivity index (χ4n) is 3.59. The second kappa shape index (κ2) is 9.24. The first-order valence-corrected chi connectivity index (χ1v) is 9.85. The smallest absolute Gasteiger partial charge is 0.416 e. The molecule has 0 spiro atoms. The quantitative estimate of drug-likeness (QED) is 0.719. The summed E-state index contributed by atoms with van der Waals surface area (Å²) in [5.74, 6) is 1.13. The van der Waals surface area contributed by atoms with Gasteiger partial charge in [-0.15, -0.1) is 0 Å². The SMILES string of the molecule is CCOc1ccc(C(c2cc(C(F)(F)F)ccc2Cl)N2CCNCC2)cc1OC. The molecule has 1 aliphatic rings. The van der Waals surface area contributed by atoms with Crippen molar-refractivity contribution < 1.29 is 22.6 Å². The Labute approximate surface area is 173 Å². The van der Waals surface area contributed by atoms with Crippen molar-refractivity contribution in [3.63, 3.8) is 0 Å². The minimum absolute atomic E-state index is 0.300. The van der Waals surface area contributed by atoms with Gasteiger partial charge in [0.15, 0.2) is 11.5 Å². The van der Waals surface area contributed by atoms with Gasteiger partial charge in [-0.1, -0.05) is 17.7 Å². The van der Waals surface area contributed by atoms with Crippen LogP contribution in [0, 0.1) is 0 Å². The summed E-state index contributed by atoms with van der Waals surface area (Å²) in [5.41, 5.74) is 0.512. The predicted octanol–water partition coefficient (Wildman–Crippen LogP) is 4.76. The molecule has 1 fully saturated rings. The molecule has 8 heteroatoms. The van der Waals surface area contributed by atoms with E-state index in [-0.39, 0.29) is 0 Å². The molecule has 2 aromatic carbocycles. The topological polar surface area (TPSA) is 33.7 Å². The first-order chi connectivity index (χ1) is 13.8. The maximum absolute atomic E-state index is 13.4. The fraction of sp³-hybridized carbons (Fsp3) is 0.429. The van der Waals surface area contributed by atoms with Crippen molar-refractivity contribution in [2.24, 2.45) is 0 Å². The van der Waals surface area contributed by atoms with Crippen LogP contribution in [0.15, 0.2) is 36.4 Å². The summed E-state index contributed by atoms with van der Waals surface area (Å²) in [4.78, 5) is 2.13. The van der Waals surface area contributed by atoms with Gasteiger partial charge in [0.2, 0.25) is 0 Å². The summed E-state index contributed by atoms with van der Waals surface area (Å²) < 4.78 is 51.1. The van der Waals surface area contributed by atoms with Crippen molar-refractivity contribution in [3.05, 3.63) is 58.1 Å². The van der Waals surface area contributed by atoms with E-state index in [1.165, 1.54) is 6.07 Å². The average Bonchev–Trinajstić information content (AvgIpc) is 2.70. The molecule has 1 saturated heterocycles. The maximum atomic E-state index is 13.4. The summed E-state index contributed by atoms with van der Waals surface area (Å²) in [6.07, 6.45) is -4.44. The van der Waals surface area contributed by atoms with Gasteiger partial charge in [-0.25, -0.2) is 0 Å². The van der Waals surface area contributed by atoms with Crippen molar-refractivity contribution in [1.29, 1.82) is 0 Å². The van der Waals surface area contributed by atoms with E-state index in [4.69, 9.17) is 21.1 Å². The number of halogens is 4. The molecule has 0 radical (unpaired) electrons. The molecule has 1 aliphatic heterocycles. The third-order valence-electron chi connectivity index (χ3n) is 4.94. The third kappa shape index (κ3) is 4.97. The number of piperazine rings is 1. The van der Waals surface area contributed by atoms with Crippen molar-refractivity contribution in [3.8, 4) is 11.5 Å². The lowest BCUT2D eigenvalue weighted by Crippen LogP contribution is -2.45. The maximum Gasteiger partial charge on any atom is 0.416 e. The van der Waals surface area contributed by atoms with Crippen molar-refractivity contribution in [2.75, 3.05) is 39.9 Å². The predicted molar refractivity (Wildman–Crippen MR) is 107 cm³/mol. The van der Waals surface area contributed by atoms with Crippen LogP contribution in [0.4, 0.5) is 13.2 Å². The number of methoxy groups -OCH3 is 1. The Bertz CT molecular complexity index is 839. The lowest BCUT2D eigenvalue weighted by atomic mass is 9.94. The first kappa shape index (κ1) is 21.7. The Morgan fingerprint density at radius 1 is 1.10 bits per heavy atom. The lowest BCUT2D eigenvalue weighted by Gasteiger charge is -2.36. The Morgan fingerprint density at radius 3 is 2.45 bits per heavy atom. The van der Waals surface area contributed by atoms with Gasteiger partial charge in [0, 0.05) is 31.2 Å². The van der Waals surface area contributed by atoms with Gasteiger partial charge in [0.25, 0.3) is 0 Å². The van der Waals surface area contributed by atoms with Crippen LogP contribution in [0.25, 0.3) is 0 Å². The van der Waals surface area contributed by atoms with E-state index in [0.717, 1.165) is 30.8 Å². The van der Waals surface area contributed by atoms with Crippen LogP contribution in [-0.4, -0.2) is 44.8 Å². The minimum atomic E-state index is -4.44. The van der Waals surface area contributed by atoms with Crippen molar-refractivity contribution in [2.45, 2.75) is 19.1 Å². The van der Waals surface area contributed by atoms with Crippen LogP contribution >= 0.6 is 11.6 Å². The highest BCUT2D eigenvalue weighted by molar-refractivity contribution is 6.31. The Balaban J connectivity index is 2.11. The third-order valence-corrected chi connectivity index (χ3v) is 5.28. The Morgan fingerprint density at radius 2 is 1.83 bits per heavy atom. The summed E-state index contributed by atoms with van der Waals surface area (Å²) >= 11 is 6.40. The standard InChI is InChI=1S/C21H24ClF3N2O2/c1-3-29-18-7-4-14(12-19(18)28-2)20(27-10-8-26-9-11-27)16-13-15(21(23,24)25)5-6-17(16)22/h4-7,12-13,20,26H,3,8-11H2,1-2H3. The normalized spacial score (nSPS) is 16.5. The van der Waals surface area contributed by atoms with Crippen molar-refractivity contribution >= 4 is 11.6 Å². The van der Waals surface area contributed by atoms with Crippen LogP contribution in [0.3, 0.4) is 0 Å². The molecule has 3 rings (SSSR count). The summed E-state index contributed by atoms with van der Waals surface area (Å²) in [7, 11) is 1.54. The van der Waals surface area contributed by atoms with E-state index in [9.17, 15) is 13.2 Å². The zero-order valence-corrected chi connectivity index (χ0v) is 17.1. The number of hydrogen-bond acceptors (Lipinski definition) is 4. The molecule has 0 aliphatic carbocycles. The number of rotatable bonds is 6. The van der Waals surface area contributed by atoms with Crippen LogP contribution < -0.4 is 14.8 Å². The number of nitrogens with zero attached hydrogens (tertiary/aromatic N) is 1. The molecule has 1 atom stereocenters. The van der Waals surface area contributed by atoms with Crippen molar-refractivity contribution in [1.82, 2.24) is 10.2 Å². The lowest BCUT2D eigenvalue weighted by molar-refractivity contribution is -0.137. The fourth-order valence-corrected chi connectivity index (χ4v) is 3.81. The molecule has 0 aromatic heterocycles. The van der Waals surface area contributed by atoms with Gasteiger partial charge in [-0.2, -0.15) is 13.2 Å². The summed E-state index contributed by atoms with van der Waals surface area (Å²) in [6.45, 7) is 5.23. The van der Waals surface area contributed by atoms with E-state index < -0.39 is 17.8 Å². The first-order valence-electron chi connectivity index (χ1n) is 9.47. The molecule has 4 nitrogen and oxygen atoms in total. The molecular weight excluding hydrogens is 405 g/mol. The Hall–Kier alpha value is -1.96. The van der Waals surface area contributed by atoms with E-state index in [0.29, 0.717) is 41.8 Å². The van der Waals surface area contributed by atoms with Gasteiger partial charge < -0.3 is 14.8 Å². The van der Waals surface area contributed by atoms with Crippen LogP contribution in [-0.2, 0) is 6.18 Å². The van der Waals surface area contributed by atoms with Crippen LogP contribution in [0.2, 0.25) is 5.02 Å². The number of nitrogens with one attached hydrogen (secondary N) is 1. The van der Waals surface area contributed by atoms with E-state index in [2.05, 4.69) is 10.2 Å². The second-order valence-electron chi connectivity index (χ2n) is 6.77. The van der Waals surface area contributed by atoms with E-state index in [1.54, 1.807) is 13.2 Å². The molecule has 29 heavy (non-hydrogen) atoms. The van der Waals surface area contributed by atoms with E-state index in [1.807, 2.05) is 19.1 Å². The zero-order valence-electron chi connectivity index (χ0n) is 16.4. The number of benzene rings is 2. The molecule has 1 heterocycles. The van der Waals surface area contributed by atoms with Gasteiger partial charge in [-0.05, 0) is 48.4 Å². The monoisotopic (exact) mass is 428 g/mol. The van der Waals surface area contributed by atoms with Gasteiger partial charge in [-0.3, -0.25) is 4.90 Å². The zero-order chi connectivity index (χ0) is 21.0. The van der Waals surface area contributed by atoms with Gasteiger partial charge >= 0.3 is 6.18 Å². The molecule has 1 unspecified atom stereocenters. The number of ether oxygens (including phenoxy) is 2. The molecule has 1 N–H and O–H groups in total. The number of hydrogen-bond donors (Lipinski definition) is 1. The Kier molecular flexibility index (Phi) is 6.93. The molecule has 0 amide bonds. The molecule has 2 aromatic rings. The number of alkyl halides is 3. The molecule has 0 bridgehead atoms. The molecule has 158 valence electrons. The summed E-state index contributed by atoms with van der Waals surface area (Å²) in [5, 5.41) is 3.57.